The number of amides is 1. The third kappa shape index (κ3) is 1.82. The first-order chi connectivity index (χ1) is 7.22. The Kier molecular flexibility index (Phi) is 2.62. The summed E-state index contributed by atoms with van der Waals surface area (Å²) in [6.07, 6.45) is 2.44. The Labute approximate surface area is 89.3 Å². The van der Waals surface area contributed by atoms with Crippen LogP contribution < -0.4 is 4.90 Å². The molecule has 0 fully saturated rings. The molecule has 15 heavy (non-hydrogen) atoms. The van der Waals surface area contributed by atoms with Crippen molar-refractivity contribution in [3.63, 3.8) is 0 Å². The number of hydrogen-bond acceptors (Lipinski definition) is 2. The quantitative estimate of drug-likeness (QED) is 0.762. The van der Waals surface area contributed by atoms with Crippen LogP contribution >= 0.6 is 0 Å². The zero-order valence-corrected chi connectivity index (χ0v) is 8.86. The van der Waals surface area contributed by atoms with Crippen LogP contribution in [0.1, 0.15) is 25.3 Å². The molecule has 0 radical (unpaired) electrons. The second-order valence-corrected chi connectivity index (χ2v) is 3.82. The van der Waals surface area contributed by atoms with Crippen molar-refractivity contribution in [2.75, 3.05) is 11.4 Å². The van der Waals surface area contributed by atoms with Crippen LogP contribution in [-0.2, 0) is 11.2 Å². The topological polar surface area (TPSA) is 40.5 Å². The SMILES string of the molecule is CCC(=O)N1CCCc2cc(O)ccc21. The van der Waals surface area contributed by atoms with Crippen molar-refractivity contribution in [2.24, 2.45) is 0 Å². The Morgan fingerprint density at radius 3 is 3.07 bits per heavy atom. The number of benzene rings is 1. The fraction of sp³-hybridized carbons (Fsp3) is 0.417. The molecule has 0 bridgehead atoms. The molecular weight excluding hydrogens is 190 g/mol. The lowest BCUT2D eigenvalue weighted by Gasteiger charge is -2.29. The summed E-state index contributed by atoms with van der Waals surface area (Å²) in [4.78, 5) is 13.5. The Hall–Kier alpha value is -1.51. The minimum atomic E-state index is 0.154. The van der Waals surface area contributed by atoms with Gasteiger partial charge in [-0.15, -0.1) is 0 Å². The van der Waals surface area contributed by atoms with Crippen molar-refractivity contribution < 1.29 is 9.90 Å². The van der Waals surface area contributed by atoms with Gasteiger partial charge in [0, 0.05) is 18.7 Å². The molecule has 1 heterocycles. The zero-order chi connectivity index (χ0) is 10.8. The van der Waals surface area contributed by atoms with E-state index in [9.17, 15) is 9.90 Å². The molecule has 1 N–H and O–H groups in total. The molecule has 2 rings (SSSR count). The molecule has 0 saturated heterocycles. The summed E-state index contributed by atoms with van der Waals surface area (Å²) in [5.41, 5.74) is 2.04. The first-order valence-electron chi connectivity index (χ1n) is 5.34. The molecule has 3 heteroatoms. The summed E-state index contributed by atoms with van der Waals surface area (Å²) in [5, 5.41) is 9.37. The maximum Gasteiger partial charge on any atom is 0.226 e. The van der Waals surface area contributed by atoms with Gasteiger partial charge in [0.1, 0.15) is 5.75 Å². The van der Waals surface area contributed by atoms with Crippen LogP contribution in [0.3, 0.4) is 0 Å². The van der Waals surface area contributed by atoms with E-state index in [1.54, 1.807) is 12.1 Å². The highest BCUT2D eigenvalue weighted by molar-refractivity contribution is 5.94. The minimum Gasteiger partial charge on any atom is -0.508 e. The number of phenols is 1. The maximum absolute atomic E-state index is 11.7. The molecule has 0 saturated carbocycles. The predicted molar refractivity (Wildman–Crippen MR) is 59.1 cm³/mol. The monoisotopic (exact) mass is 205 g/mol. The Balaban J connectivity index is 2.38. The Bertz CT molecular complexity index is 387. The van der Waals surface area contributed by atoms with E-state index in [4.69, 9.17) is 0 Å². The number of aromatic hydroxyl groups is 1. The fourth-order valence-corrected chi connectivity index (χ4v) is 2.03. The molecular formula is C12H15NO2. The van der Waals surface area contributed by atoms with Crippen molar-refractivity contribution in [2.45, 2.75) is 26.2 Å². The fourth-order valence-electron chi connectivity index (χ4n) is 2.03. The number of carbonyl (C=O) groups is 1. The zero-order valence-electron chi connectivity index (χ0n) is 8.86. The summed E-state index contributed by atoms with van der Waals surface area (Å²) in [5.74, 6) is 0.432. The van der Waals surface area contributed by atoms with Crippen molar-refractivity contribution in [3.8, 4) is 5.75 Å². The summed E-state index contributed by atoms with van der Waals surface area (Å²) < 4.78 is 0. The first-order valence-corrected chi connectivity index (χ1v) is 5.34. The van der Waals surface area contributed by atoms with Gasteiger partial charge in [-0.2, -0.15) is 0 Å². The molecule has 0 aliphatic carbocycles. The molecule has 0 unspecified atom stereocenters. The van der Waals surface area contributed by atoms with Crippen LogP contribution in [0, 0.1) is 0 Å². The van der Waals surface area contributed by atoms with Gasteiger partial charge in [-0.3, -0.25) is 4.79 Å². The predicted octanol–water partition coefficient (Wildman–Crippen LogP) is 2.08. The van der Waals surface area contributed by atoms with Crippen molar-refractivity contribution >= 4 is 11.6 Å². The Morgan fingerprint density at radius 1 is 1.53 bits per heavy atom. The molecule has 0 atom stereocenters. The van der Waals surface area contributed by atoms with Crippen LogP contribution in [-0.4, -0.2) is 17.6 Å². The van der Waals surface area contributed by atoms with Gasteiger partial charge in [0.2, 0.25) is 5.91 Å². The van der Waals surface area contributed by atoms with Crippen molar-refractivity contribution in [3.05, 3.63) is 23.8 Å². The third-order valence-electron chi connectivity index (χ3n) is 2.79. The van der Waals surface area contributed by atoms with Crippen LogP contribution in [0.15, 0.2) is 18.2 Å². The molecule has 3 nitrogen and oxygen atoms in total. The molecule has 1 aromatic carbocycles. The van der Waals surface area contributed by atoms with E-state index in [1.807, 2.05) is 17.9 Å². The van der Waals surface area contributed by atoms with E-state index in [0.717, 1.165) is 30.6 Å². The molecule has 0 aromatic heterocycles. The van der Waals surface area contributed by atoms with Gasteiger partial charge in [0.05, 0.1) is 0 Å². The number of aryl methyl sites for hydroxylation is 1. The van der Waals surface area contributed by atoms with Gasteiger partial charge >= 0.3 is 0 Å². The number of carbonyl (C=O) groups excluding carboxylic acids is 1. The van der Waals surface area contributed by atoms with Gasteiger partial charge in [0.25, 0.3) is 0 Å². The highest BCUT2D eigenvalue weighted by Crippen LogP contribution is 2.30. The van der Waals surface area contributed by atoms with E-state index in [1.165, 1.54) is 0 Å². The van der Waals surface area contributed by atoms with Crippen LogP contribution in [0.2, 0.25) is 0 Å². The second-order valence-electron chi connectivity index (χ2n) is 3.82. The average molecular weight is 205 g/mol. The maximum atomic E-state index is 11.7. The normalized spacial score (nSPS) is 14.9. The molecule has 1 amide bonds. The smallest absolute Gasteiger partial charge is 0.226 e. The van der Waals surface area contributed by atoms with Crippen LogP contribution in [0.4, 0.5) is 5.69 Å². The van der Waals surface area contributed by atoms with Gasteiger partial charge in [-0.1, -0.05) is 6.92 Å². The highest BCUT2D eigenvalue weighted by atomic mass is 16.3. The lowest BCUT2D eigenvalue weighted by atomic mass is 10.0. The molecule has 1 aliphatic rings. The molecule has 1 aromatic rings. The minimum absolute atomic E-state index is 0.154. The highest BCUT2D eigenvalue weighted by Gasteiger charge is 2.21. The van der Waals surface area contributed by atoms with Crippen molar-refractivity contribution in [1.82, 2.24) is 0 Å². The van der Waals surface area contributed by atoms with Gasteiger partial charge in [0.15, 0.2) is 0 Å². The standard InChI is InChI=1S/C12H15NO2/c1-2-12(15)13-7-3-4-9-8-10(14)5-6-11(9)13/h5-6,8,14H,2-4,7H2,1H3. The van der Waals surface area contributed by atoms with Crippen molar-refractivity contribution in [1.29, 1.82) is 0 Å². The molecule has 0 spiro atoms. The largest absolute Gasteiger partial charge is 0.508 e. The van der Waals surface area contributed by atoms with Crippen LogP contribution in [0.5, 0.6) is 5.75 Å². The number of rotatable bonds is 1. The van der Waals surface area contributed by atoms with Gasteiger partial charge < -0.3 is 10.0 Å². The first kappa shape index (κ1) is 10.0. The number of nitrogens with zero attached hydrogens (tertiary/aromatic N) is 1. The van der Waals surface area contributed by atoms with E-state index in [2.05, 4.69) is 0 Å². The van der Waals surface area contributed by atoms with Crippen LogP contribution in [0.25, 0.3) is 0 Å². The number of fused-ring (bicyclic) bond motifs is 1. The molecule has 1 aliphatic heterocycles. The second kappa shape index (κ2) is 3.93. The molecule has 80 valence electrons. The summed E-state index contributed by atoms with van der Waals surface area (Å²) in [7, 11) is 0. The van der Waals surface area contributed by atoms with E-state index >= 15 is 0 Å². The van der Waals surface area contributed by atoms with E-state index in [0.29, 0.717) is 6.42 Å². The van der Waals surface area contributed by atoms with Gasteiger partial charge in [-0.05, 0) is 36.6 Å². The van der Waals surface area contributed by atoms with E-state index < -0.39 is 0 Å². The lowest BCUT2D eigenvalue weighted by molar-refractivity contribution is -0.118. The third-order valence-corrected chi connectivity index (χ3v) is 2.79. The average Bonchev–Trinajstić information content (AvgIpc) is 2.26. The summed E-state index contributed by atoms with van der Waals surface area (Å²) >= 11 is 0. The summed E-state index contributed by atoms with van der Waals surface area (Å²) in [6, 6.07) is 5.22. The Morgan fingerprint density at radius 2 is 2.33 bits per heavy atom. The summed E-state index contributed by atoms with van der Waals surface area (Å²) in [6.45, 7) is 2.67. The number of anilines is 1. The van der Waals surface area contributed by atoms with E-state index in [-0.39, 0.29) is 11.7 Å². The lowest BCUT2D eigenvalue weighted by Crippen LogP contribution is -2.34. The number of hydrogen-bond donors (Lipinski definition) is 1. The number of phenolic OH excluding ortho intramolecular Hbond substituents is 1. The van der Waals surface area contributed by atoms with Gasteiger partial charge in [-0.25, -0.2) is 0 Å².